The van der Waals surface area contributed by atoms with Crippen LogP contribution in [0.2, 0.25) is 0 Å². The van der Waals surface area contributed by atoms with Crippen LogP contribution >= 0.6 is 0 Å². The summed E-state index contributed by atoms with van der Waals surface area (Å²) in [5.74, 6) is -0.621. The first kappa shape index (κ1) is 23.2. The van der Waals surface area contributed by atoms with Crippen LogP contribution in [-0.4, -0.2) is 51.4 Å². The molecule has 5 aromatic rings. The van der Waals surface area contributed by atoms with Gasteiger partial charge in [0.15, 0.2) is 0 Å². The van der Waals surface area contributed by atoms with E-state index >= 15 is 0 Å². The molecule has 0 radical (unpaired) electrons. The van der Waals surface area contributed by atoms with Crippen LogP contribution in [0.15, 0.2) is 89.5 Å². The lowest BCUT2D eigenvalue weighted by molar-refractivity contribution is 0.0693. The molecule has 0 unspecified atom stereocenters. The second-order valence-electron chi connectivity index (χ2n) is 9.05. The Bertz CT molecular complexity index is 1850. The molecule has 1 aliphatic heterocycles. The second kappa shape index (κ2) is 9.01. The molecule has 0 saturated heterocycles. The van der Waals surface area contributed by atoms with Gasteiger partial charge in [-0.1, -0.05) is 30.3 Å². The summed E-state index contributed by atoms with van der Waals surface area (Å²) in [6, 6.07) is 17.8. The van der Waals surface area contributed by atoms with Gasteiger partial charge in [-0.25, -0.2) is 15.0 Å². The predicted octanol–water partition coefficient (Wildman–Crippen LogP) is 5.56. The first-order chi connectivity index (χ1) is 18.5. The number of rotatable bonds is 5. The van der Waals surface area contributed by atoms with Crippen LogP contribution in [0.3, 0.4) is 0 Å². The Morgan fingerprint density at radius 1 is 0.921 bits per heavy atom. The largest absolute Gasteiger partial charge is 0.308 e. The third kappa shape index (κ3) is 3.54. The molecule has 0 bridgehead atoms. The van der Waals surface area contributed by atoms with Crippen LogP contribution in [0.5, 0.6) is 0 Å². The van der Waals surface area contributed by atoms with Gasteiger partial charge in [-0.05, 0) is 54.6 Å². The zero-order valence-corrected chi connectivity index (χ0v) is 20.8. The van der Waals surface area contributed by atoms with Gasteiger partial charge in [-0.15, -0.1) is 0 Å². The summed E-state index contributed by atoms with van der Waals surface area (Å²) in [4.78, 5) is 43.4. The number of nitrogens with zero attached hydrogens (tertiary/aromatic N) is 6. The van der Waals surface area contributed by atoms with Crippen molar-refractivity contribution in [2.45, 2.75) is 6.92 Å². The van der Waals surface area contributed by atoms with E-state index < -0.39 is 0 Å². The molecule has 0 N–H and O–H groups in total. The molecule has 0 aliphatic carbocycles. The Balaban J connectivity index is 1.69. The molecule has 2 amide bonds. The lowest BCUT2D eigenvalue weighted by Gasteiger charge is -2.13. The molecule has 38 heavy (non-hydrogen) atoms. The van der Waals surface area contributed by atoms with Crippen molar-refractivity contribution in [1.82, 2.24) is 19.4 Å². The molecular weight excluding hydrogens is 476 g/mol. The fraction of sp³-hybridized carbons (Fsp3) is 0.0667. The number of carbonyl (C=O) groups excluding carboxylic acids is 2. The molecular formula is C30H22N6O2. The van der Waals surface area contributed by atoms with Crippen molar-refractivity contribution in [2.75, 3.05) is 7.05 Å². The minimum absolute atomic E-state index is 0.303. The van der Waals surface area contributed by atoms with Crippen molar-refractivity contribution in [3.63, 3.8) is 0 Å². The molecule has 2 aromatic heterocycles. The summed E-state index contributed by atoms with van der Waals surface area (Å²) in [6.45, 7) is 5.39. The first-order valence-electron chi connectivity index (χ1n) is 11.9. The van der Waals surface area contributed by atoms with Gasteiger partial charge in [-0.3, -0.25) is 19.5 Å². The Morgan fingerprint density at radius 2 is 1.66 bits per heavy atom. The van der Waals surface area contributed by atoms with Crippen LogP contribution < -0.4 is 0 Å². The van der Waals surface area contributed by atoms with Gasteiger partial charge in [0, 0.05) is 42.0 Å². The first-order valence-corrected chi connectivity index (χ1v) is 11.9. The quantitative estimate of drug-likeness (QED) is 0.180. The standard InChI is InChI=1S/C30H22N6O2/c1-18(13-32-16-31-2)19-7-9-22-23-10-8-20(21-14-33-17-34-15-21)12-27(23)36(26(22)11-19)25-6-4-5-24-28(25)30(38)35(3)29(24)37/h4-17H,2H2,1,3H3/b18-13+,32-16?. The lowest BCUT2D eigenvalue weighted by Crippen LogP contribution is -2.24. The Labute approximate surface area is 218 Å². The highest BCUT2D eigenvalue weighted by molar-refractivity contribution is 6.23. The minimum Gasteiger partial charge on any atom is -0.308 e. The highest BCUT2D eigenvalue weighted by Gasteiger charge is 2.35. The van der Waals surface area contributed by atoms with Crippen LogP contribution in [-0.2, 0) is 0 Å². The average molecular weight is 499 g/mol. The van der Waals surface area contributed by atoms with Crippen molar-refractivity contribution in [3.05, 3.63) is 96.2 Å². The zero-order chi connectivity index (χ0) is 26.4. The van der Waals surface area contributed by atoms with E-state index in [1.807, 2.05) is 31.2 Å². The number of hydrogen-bond donors (Lipinski definition) is 0. The molecule has 3 aromatic carbocycles. The summed E-state index contributed by atoms with van der Waals surface area (Å²) in [5.41, 5.74) is 6.97. The van der Waals surface area contributed by atoms with Crippen molar-refractivity contribution in [1.29, 1.82) is 0 Å². The second-order valence-corrected chi connectivity index (χ2v) is 9.05. The van der Waals surface area contributed by atoms with Crippen LogP contribution in [0.4, 0.5) is 0 Å². The maximum absolute atomic E-state index is 13.2. The van der Waals surface area contributed by atoms with E-state index in [0.717, 1.165) is 44.1 Å². The molecule has 1 aliphatic rings. The number of aliphatic imine (C=N–C) groups is 2. The average Bonchev–Trinajstić information content (AvgIpc) is 3.39. The Hall–Kier alpha value is -5.24. The lowest BCUT2D eigenvalue weighted by atomic mass is 10.0. The summed E-state index contributed by atoms with van der Waals surface area (Å²) < 4.78 is 2.06. The smallest absolute Gasteiger partial charge is 0.263 e. The van der Waals surface area contributed by atoms with Gasteiger partial charge in [0.05, 0.1) is 27.8 Å². The monoisotopic (exact) mass is 498 g/mol. The van der Waals surface area contributed by atoms with E-state index in [1.54, 1.807) is 24.7 Å². The fourth-order valence-electron chi connectivity index (χ4n) is 4.99. The van der Waals surface area contributed by atoms with E-state index in [9.17, 15) is 9.59 Å². The van der Waals surface area contributed by atoms with Gasteiger partial charge in [0.25, 0.3) is 11.8 Å². The van der Waals surface area contributed by atoms with Gasteiger partial charge in [0.1, 0.15) is 12.7 Å². The number of imide groups is 1. The number of allylic oxidation sites excluding steroid dienone is 1. The number of amides is 2. The van der Waals surface area contributed by atoms with Crippen molar-refractivity contribution in [3.8, 4) is 16.8 Å². The molecule has 6 rings (SSSR count). The normalized spacial score (nSPS) is 13.7. The molecule has 3 heterocycles. The summed E-state index contributed by atoms with van der Waals surface area (Å²) in [5, 5.41) is 2.04. The molecule has 0 spiro atoms. The third-order valence-electron chi connectivity index (χ3n) is 6.87. The van der Waals surface area contributed by atoms with Crippen molar-refractivity contribution >= 4 is 52.2 Å². The van der Waals surface area contributed by atoms with E-state index in [2.05, 4.69) is 55.5 Å². The highest BCUT2D eigenvalue weighted by Crippen LogP contribution is 2.38. The van der Waals surface area contributed by atoms with Crippen molar-refractivity contribution in [2.24, 2.45) is 9.98 Å². The van der Waals surface area contributed by atoms with Crippen LogP contribution in [0.1, 0.15) is 33.2 Å². The summed E-state index contributed by atoms with van der Waals surface area (Å²) in [6.07, 6.45) is 8.15. The van der Waals surface area contributed by atoms with Gasteiger partial charge in [-0.2, -0.15) is 0 Å². The number of hydrogen-bond acceptors (Lipinski definition) is 5. The van der Waals surface area contributed by atoms with E-state index in [-0.39, 0.29) is 11.8 Å². The molecule has 184 valence electrons. The molecule has 8 heteroatoms. The maximum Gasteiger partial charge on any atom is 0.263 e. The summed E-state index contributed by atoms with van der Waals surface area (Å²) in [7, 11) is 1.51. The third-order valence-corrected chi connectivity index (χ3v) is 6.87. The van der Waals surface area contributed by atoms with Gasteiger partial charge in [0.2, 0.25) is 0 Å². The molecule has 0 fully saturated rings. The van der Waals surface area contributed by atoms with Crippen LogP contribution in [0, 0.1) is 0 Å². The summed E-state index contributed by atoms with van der Waals surface area (Å²) >= 11 is 0. The fourth-order valence-corrected chi connectivity index (χ4v) is 4.99. The Kier molecular flexibility index (Phi) is 5.49. The number of aromatic nitrogens is 3. The number of fused-ring (bicyclic) bond motifs is 4. The molecule has 0 atom stereocenters. The van der Waals surface area contributed by atoms with E-state index in [0.29, 0.717) is 16.8 Å². The number of carbonyl (C=O) groups is 2. The molecule has 8 nitrogen and oxygen atoms in total. The minimum atomic E-state index is -0.318. The molecule has 0 saturated carbocycles. The number of benzene rings is 3. The maximum atomic E-state index is 13.2. The zero-order valence-electron chi connectivity index (χ0n) is 20.8. The predicted molar refractivity (Wildman–Crippen MR) is 150 cm³/mol. The van der Waals surface area contributed by atoms with Crippen molar-refractivity contribution < 1.29 is 9.59 Å². The Morgan fingerprint density at radius 3 is 2.42 bits per heavy atom. The van der Waals surface area contributed by atoms with Gasteiger partial charge >= 0.3 is 0 Å². The van der Waals surface area contributed by atoms with Crippen LogP contribution in [0.25, 0.3) is 44.2 Å². The topological polar surface area (TPSA) is 92.8 Å². The SMILES string of the molecule is C=NC=N/C=C(\C)c1ccc2c3ccc(-c4cncnc4)cc3n(-c3cccc4c3C(=O)N(C)C4=O)c2c1. The van der Waals surface area contributed by atoms with Gasteiger partial charge < -0.3 is 4.57 Å². The highest BCUT2D eigenvalue weighted by atomic mass is 16.2. The van der Waals surface area contributed by atoms with E-state index in [4.69, 9.17) is 0 Å². The van der Waals surface area contributed by atoms with E-state index in [1.165, 1.54) is 24.6 Å².